The van der Waals surface area contributed by atoms with Gasteiger partial charge in [0.05, 0.1) is 6.54 Å². The second-order valence-corrected chi connectivity index (χ2v) is 5.71. The number of halogens is 1. The van der Waals surface area contributed by atoms with Crippen molar-refractivity contribution < 1.29 is 9.59 Å². The molecule has 2 N–H and O–H groups in total. The number of piperazine rings is 1. The lowest BCUT2D eigenvalue weighted by Crippen LogP contribution is -2.64. The smallest absolute Gasteiger partial charge is 0.251 e. The third kappa shape index (κ3) is 2.47. The van der Waals surface area contributed by atoms with E-state index in [1.807, 2.05) is 6.92 Å². The highest BCUT2D eigenvalue weighted by molar-refractivity contribution is 9.10. The van der Waals surface area contributed by atoms with E-state index >= 15 is 0 Å². The first-order chi connectivity index (χ1) is 9.37. The van der Waals surface area contributed by atoms with E-state index in [1.54, 1.807) is 18.7 Å². The van der Waals surface area contributed by atoms with E-state index in [0.717, 1.165) is 0 Å². The Bertz CT molecular complexity index is 561. The molecule has 0 atom stereocenters. The minimum absolute atomic E-state index is 0.0694. The highest BCUT2D eigenvalue weighted by atomic mass is 79.9. The van der Waals surface area contributed by atoms with Crippen LogP contribution in [-0.4, -0.2) is 40.4 Å². The van der Waals surface area contributed by atoms with Crippen LogP contribution in [-0.2, 0) is 9.59 Å². The summed E-state index contributed by atoms with van der Waals surface area (Å²) in [5, 5.41) is 5.43. The molecule has 7 nitrogen and oxygen atoms in total. The second-order valence-electron chi connectivity index (χ2n) is 4.91. The van der Waals surface area contributed by atoms with Gasteiger partial charge in [-0.2, -0.15) is 0 Å². The van der Waals surface area contributed by atoms with Gasteiger partial charge in [0, 0.05) is 6.54 Å². The number of nitrogens with one attached hydrogen (secondary N) is 2. The predicted octanol–water partition coefficient (Wildman–Crippen LogP) is 0.912. The molecule has 20 heavy (non-hydrogen) atoms. The zero-order chi connectivity index (χ0) is 14.9. The van der Waals surface area contributed by atoms with Crippen molar-refractivity contribution in [1.82, 2.24) is 15.3 Å². The molecule has 0 aromatic carbocycles. The fourth-order valence-electron chi connectivity index (χ4n) is 1.96. The van der Waals surface area contributed by atoms with Crippen molar-refractivity contribution in [3.8, 4) is 0 Å². The van der Waals surface area contributed by atoms with Crippen LogP contribution in [0.15, 0.2) is 10.8 Å². The predicted molar refractivity (Wildman–Crippen MR) is 78.5 cm³/mol. The van der Waals surface area contributed by atoms with E-state index in [1.165, 1.54) is 6.33 Å². The summed E-state index contributed by atoms with van der Waals surface area (Å²) in [7, 11) is 0. The van der Waals surface area contributed by atoms with Crippen molar-refractivity contribution in [1.29, 1.82) is 0 Å². The third-order valence-electron chi connectivity index (χ3n) is 3.16. The molecule has 0 saturated carbocycles. The summed E-state index contributed by atoms with van der Waals surface area (Å²) in [6.07, 6.45) is 1.41. The maximum atomic E-state index is 12.0. The lowest BCUT2D eigenvalue weighted by Gasteiger charge is -2.41. The topological polar surface area (TPSA) is 87.2 Å². The molecule has 1 aromatic heterocycles. The second kappa shape index (κ2) is 5.35. The van der Waals surface area contributed by atoms with Crippen molar-refractivity contribution in [2.75, 3.05) is 23.3 Å². The highest BCUT2D eigenvalue weighted by Crippen LogP contribution is 2.34. The molecule has 2 rings (SSSR count). The number of carbonyl (C=O) groups is 2. The maximum Gasteiger partial charge on any atom is 0.251 e. The van der Waals surface area contributed by atoms with E-state index < -0.39 is 5.54 Å². The zero-order valence-electron chi connectivity index (χ0n) is 11.5. The summed E-state index contributed by atoms with van der Waals surface area (Å²) < 4.78 is 0.637. The van der Waals surface area contributed by atoms with Crippen LogP contribution in [0.2, 0.25) is 0 Å². The normalized spacial score (nSPS) is 17.9. The van der Waals surface area contributed by atoms with Gasteiger partial charge in [-0.3, -0.25) is 14.9 Å². The van der Waals surface area contributed by atoms with Crippen LogP contribution in [0.4, 0.5) is 11.6 Å². The molecule has 2 heterocycles. The molecule has 1 aliphatic rings. The Morgan fingerprint density at radius 1 is 1.45 bits per heavy atom. The first-order valence-electron chi connectivity index (χ1n) is 6.24. The maximum absolute atomic E-state index is 12.0. The summed E-state index contributed by atoms with van der Waals surface area (Å²) in [6, 6.07) is 0. The van der Waals surface area contributed by atoms with Crippen LogP contribution in [0.1, 0.15) is 20.8 Å². The van der Waals surface area contributed by atoms with Crippen LogP contribution in [0.5, 0.6) is 0 Å². The van der Waals surface area contributed by atoms with Crippen molar-refractivity contribution in [3.63, 3.8) is 0 Å². The minimum atomic E-state index is -0.867. The molecule has 1 aliphatic heterocycles. The third-order valence-corrected chi connectivity index (χ3v) is 3.89. The van der Waals surface area contributed by atoms with Gasteiger partial charge in [-0.1, -0.05) is 0 Å². The number of aromatic nitrogens is 2. The molecular weight excluding hydrogens is 326 g/mol. The summed E-state index contributed by atoms with van der Waals surface area (Å²) in [6.45, 7) is 6.22. The number of anilines is 2. The average molecular weight is 342 g/mol. The Hall–Kier alpha value is -1.70. The molecule has 0 radical (unpaired) electrons. The fraction of sp³-hybridized carbons (Fsp3) is 0.500. The summed E-state index contributed by atoms with van der Waals surface area (Å²) >= 11 is 3.44. The molecular formula is C12H16BrN5O2. The Morgan fingerprint density at radius 2 is 2.15 bits per heavy atom. The molecule has 0 bridgehead atoms. The van der Waals surface area contributed by atoms with E-state index in [-0.39, 0.29) is 18.4 Å². The van der Waals surface area contributed by atoms with Gasteiger partial charge >= 0.3 is 0 Å². The molecule has 1 saturated heterocycles. The average Bonchev–Trinajstić information content (AvgIpc) is 2.37. The molecule has 0 unspecified atom stereocenters. The van der Waals surface area contributed by atoms with Gasteiger partial charge in [-0.05, 0) is 36.7 Å². The quantitative estimate of drug-likeness (QED) is 0.794. The first kappa shape index (κ1) is 14.7. The highest BCUT2D eigenvalue weighted by Gasteiger charge is 2.42. The SMILES string of the molecule is CCNc1ncnc(N2CC(=O)NC(=O)C2(C)C)c1Br. The van der Waals surface area contributed by atoms with Gasteiger partial charge in [0.25, 0.3) is 5.91 Å². The van der Waals surface area contributed by atoms with Crippen molar-refractivity contribution in [2.24, 2.45) is 0 Å². The van der Waals surface area contributed by atoms with Crippen LogP contribution >= 0.6 is 15.9 Å². The number of amides is 2. The van der Waals surface area contributed by atoms with Crippen LogP contribution < -0.4 is 15.5 Å². The minimum Gasteiger partial charge on any atom is -0.369 e. The number of hydrogen-bond donors (Lipinski definition) is 2. The van der Waals surface area contributed by atoms with Gasteiger partial charge in [-0.15, -0.1) is 0 Å². The molecule has 0 aliphatic carbocycles. The Kier molecular flexibility index (Phi) is 3.94. The molecule has 1 fully saturated rings. The number of hydrogen-bond acceptors (Lipinski definition) is 6. The first-order valence-corrected chi connectivity index (χ1v) is 7.03. The Morgan fingerprint density at radius 3 is 2.80 bits per heavy atom. The van der Waals surface area contributed by atoms with Crippen LogP contribution in [0.25, 0.3) is 0 Å². The largest absolute Gasteiger partial charge is 0.369 e. The molecule has 8 heteroatoms. The standard InChI is InChI=1S/C12H16BrN5O2/c1-4-14-9-8(13)10(16-6-15-9)18-5-7(19)17-11(20)12(18,2)3/h6H,4-5H2,1-3H3,(H,14,15,16)(H,17,19,20). The van der Waals surface area contributed by atoms with E-state index in [9.17, 15) is 9.59 Å². The number of carbonyl (C=O) groups excluding carboxylic acids is 2. The van der Waals surface area contributed by atoms with E-state index in [4.69, 9.17) is 0 Å². The number of nitrogens with zero attached hydrogens (tertiary/aromatic N) is 3. The molecule has 0 spiro atoms. The number of rotatable bonds is 3. The van der Waals surface area contributed by atoms with Gasteiger partial charge < -0.3 is 10.2 Å². The molecule has 108 valence electrons. The summed E-state index contributed by atoms with van der Waals surface area (Å²) in [4.78, 5) is 33.6. The monoisotopic (exact) mass is 341 g/mol. The Balaban J connectivity index is 2.46. The van der Waals surface area contributed by atoms with E-state index in [0.29, 0.717) is 22.7 Å². The van der Waals surface area contributed by atoms with Gasteiger partial charge in [-0.25, -0.2) is 9.97 Å². The van der Waals surface area contributed by atoms with Gasteiger partial charge in [0.2, 0.25) is 5.91 Å². The molecule has 1 aromatic rings. The van der Waals surface area contributed by atoms with Gasteiger partial charge in [0.1, 0.15) is 28.0 Å². The van der Waals surface area contributed by atoms with Crippen molar-refractivity contribution in [3.05, 3.63) is 10.8 Å². The van der Waals surface area contributed by atoms with Crippen LogP contribution in [0, 0.1) is 0 Å². The summed E-state index contributed by atoms with van der Waals surface area (Å²) in [5.74, 6) is 0.463. The van der Waals surface area contributed by atoms with Gasteiger partial charge in [0.15, 0.2) is 0 Å². The zero-order valence-corrected chi connectivity index (χ0v) is 13.1. The van der Waals surface area contributed by atoms with Crippen LogP contribution in [0.3, 0.4) is 0 Å². The lowest BCUT2D eigenvalue weighted by molar-refractivity contribution is -0.135. The number of imide groups is 1. The fourth-order valence-corrected chi connectivity index (χ4v) is 2.52. The Labute approximate surface area is 125 Å². The van der Waals surface area contributed by atoms with E-state index in [2.05, 4.69) is 36.5 Å². The van der Waals surface area contributed by atoms with Crippen molar-refractivity contribution >= 4 is 39.4 Å². The lowest BCUT2D eigenvalue weighted by atomic mass is 9.99. The molecule has 2 amide bonds. The summed E-state index contributed by atoms with van der Waals surface area (Å²) in [5.41, 5.74) is -0.867. The van der Waals surface area contributed by atoms with Crippen molar-refractivity contribution in [2.45, 2.75) is 26.3 Å².